The number of aliphatic hydroxyl groups excluding tert-OH is 2. The van der Waals surface area contributed by atoms with Gasteiger partial charge in [-0.15, -0.1) is 0 Å². The Morgan fingerprint density at radius 2 is 2.12 bits per heavy atom. The van der Waals surface area contributed by atoms with E-state index in [9.17, 15) is 24.7 Å². The smallest absolute Gasteiger partial charge is 0.364 e. The van der Waals surface area contributed by atoms with Crippen LogP contribution in [0.4, 0.5) is 0 Å². The van der Waals surface area contributed by atoms with E-state index in [1.54, 1.807) is 19.9 Å². The molecule has 2 aliphatic heterocycles. The van der Waals surface area contributed by atoms with Crippen LogP contribution in [-0.2, 0) is 18.3 Å². The van der Waals surface area contributed by atoms with Gasteiger partial charge in [-0.3, -0.25) is 9.13 Å². The first-order valence-electron chi connectivity index (χ1n) is 10.7. The highest BCUT2D eigenvalue weighted by Crippen LogP contribution is 2.70. The van der Waals surface area contributed by atoms with Crippen LogP contribution in [0.3, 0.4) is 0 Å². The normalized spacial score (nSPS) is 36.8. The van der Waals surface area contributed by atoms with E-state index in [1.165, 1.54) is 6.20 Å². The summed E-state index contributed by atoms with van der Waals surface area (Å²) in [6, 6.07) is 1.81. The molecule has 0 aromatic carbocycles. The first-order valence-corrected chi connectivity index (χ1v) is 12.3. The van der Waals surface area contributed by atoms with Crippen LogP contribution in [0, 0.1) is 6.92 Å². The van der Waals surface area contributed by atoms with E-state index in [0.717, 1.165) is 10.3 Å². The Kier molecular flexibility index (Phi) is 5.90. The number of rotatable bonds is 7. The second-order valence-corrected chi connectivity index (χ2v) is 11.2. The zero-order chi connectivity index (χ0) is 23.5. The van der Waals surface area contributed by atoms with Crippen LogP contribution in [0.15, 0.2) is 17.1 Å². The minimum atomic E-state index is -3.76. The maximum absolute atomic E-state index is 13.0. The van der Waals surface area contributed by atoms with Gasteiger partial charge in [0.25, 0.3) is 0 Å². The predicted octanol–water partition coefficient (Wildman–Crippen LogP) is 1.55. The van der Waals surface area contributed by atoms with Crippen molar-refractivity contribution in [3.05, 3.63) is 28.4 Å². The van der Waals surface area contributed by atoms with Crippen molar-refractivity contribution in [1.29, 1.82) is 0 Å². The number of nitrogens with zero attached hydrogens (tertiary/aromatic N) is 2. The van der Waals surface area contributed by atoms with Gasteiger partial charge in [0.15, 0.2) is 11.6 Å². The first-order chi connectivity index (χ1) is 14.9. The van der Waals surface area contributed by atoms with Crippen molar-refractivity contribution in [3.63, 3.8) is 0 Å². The van der Waals surface area contributed by atoms with E-state index in [-0.39, 0.29) is 19.4 Å². The molecule has 4 rings (SSSR count). The van der Waals surface area contributed by atoms with Crippen molar-refractivity contribution in [2.24, 2.45) is 0 Å². The second-order valence-electron chi connectivity index (χ2n) is 8.94. The molecule has 32 heavy (non-hydrogen) atoms. The third-order valence-electron chi connectivity index (χ3n) is 6.54. The molecule has 0 radical (unpaired) electrons. The Morgan fingerprint density at radius 3 is 2.72 bits per heavy atom. The van der Waals surface area contributed by atoms with Crippen molar-refractivity contribution in [2.45, 2.75) is 82.4 Å². The molecule has 0 spiro atoms. The molecule has 2 aromatic heterocycles. The quantitative estimate of drug-likeness (QED) is 0.440. The molecule has 0 saturated carbocycles. The zero-order valence-electron chi connectivity index (χ0n) is 18.5. The highest BCUT2D eigenvalue weighted by atomic mass is 31.2. The van der Waals surface area contributed by atoms with Crippen LogP contribution in [0.2, 0.25) is 0 Å². The standard InChI is InChI=1S/C20H30N3O8P/c1-5-19(4,31-32(28)20(27,6-2)10-29-32)8-13-14(24)15(25)17(30-13)23-9-12-7-11(3)21-16(12)22-18(23)26/h7,9,13-15,17,24-25,27H,5-6,8,10H2,1-4H3,(H,21,22,26)/t13-,14-,15-,17-,19?,20?,32?/m1/s1. The summed E-state index contributed by atoms with van der Waals surface area (Å²) >= 11 is 0. The Hall–Kier alpha value is -1.59. The molecule has 12 heteroatoms. The fraction of sp³-hybridized carbons (Fsp3) is 0.700. The molecule has 3 unspecified atom stereocenters. The second kappa shape index (κ2) is 8.02. The molecule has 2 saturated heterocycles. The monoisotopic (exact) mass is 471 g/mol. The molecule has 2 fully saturated rings. The van der Waals surface area contributed by atoms with E-state index in [1.807, 2.05) is 13.8 Å². The van der Waals surface area contributed by atoms with Crippen molar-refractivity contribution in [2.75, 3.05) is 6.61 Å². The lowest BCUT2D eigenvalue weighted by atomic mass is 9.93. The van der Waals surface area contributed by atoms with Gasteiger partial charge >= 0.3 is 13.3 Å². The lowest BCUT2D eigenvalue weighted by molar-refractivity contribution is -0.0928. The molecule has 0 aliphatic carbocycles. The summed E-state index contributed by atoms with van der Waals surface area (Å²) in [5.74, 6) is 0. The van der Waals surface area contributed by atoms with Gasteiger partial charge in [0, 0.05) is 23.7 Å². The number of hydrogen-bond donors (Lipinski definition) is 4. The molecule has 178 valence electrons. The van der Waals surface area contributed by atoms with Crippen molar-refractivity contribution >= 4 is 18.6 Å². The third kappa shape index (κ3) is 3.75. The number of aromatic nitrogens is 3. The summed E-state index contributed by atoms with van der Waals surface area (Å²) in [4.78, 5) is 19.5. The van der Waals surface area contributed by atoms with Gasteiger partial charge in [-0.25, -0.2) is 4.79 Å². The van der Waals surface area contributed by atoms with Gasteiger partial charge in [0.2, 0.25) is 0 Å². The SMILES string of the molecule is CCC(C)(C[C@H]1O[C@@H](n2cc3cc(C)[nH]c3nc2=O)[C@H](O)[C@@H]1O)OP1(=O)OCC1(O)CC. The maximum atomic E-state index is 13.0. The summed E-state index contributed by atoms with van der Waals surface area (Å²) in [6.07, 6.45) is -2.61. The maximum Gasteiger partial charge on any atom is 0.364 e. The number of aliphatic hydroxyl groups is 3. The van der Waals surface area contributed by atoms with Gasteiger partial charge in [0.1, 0.15) is 17.9 Å². The molecule has 2 aromatic rings. The Balaban J connectivity index is 1.56. The van der Waals surface area contributed by atoms with E-state index in [0.29, 0.717) is 17.5 Å². The van der Waals surface area contributed by atoms with E-state index < -0.39 is 48.8 Å². The van der Waals surface area contributed by atoms with Gasteiger partial charge in [-0.2, -0.15) is 4.98 Å². The average molecular weight is 471 g/mol. The minimum absolute atomic E-state index is 0.0546. The third-order valence-corrected chi connectivity index (χ3v) is 9.16. The molecule has 2 aliphatic rings. The van der Waals surface area contributed by atoms with Gasteiger partial charge in [-0.1, -0.05) is 13.8 Å². The van der Waals surface area contributed by atoms with E-state index in [2.05, 4.69) is 9.97 Å². The van der Waals surface area contributed by atoms with Crippen LogP contribution in [-0.4, -0.2) is 65.7 Å². The van der Waals surface area contributed by atoms with Crippen LogP contribution in [0.1, 0.15) is 52.0 Å². The lowest BCUT2D eigenvalue weighted by Gasteiger charge is -2.46. The topological polar surface area (TPSA) is 156 Å². The Labute approximate surface area is 184 Å². The van der Waals surface area contributed by atoms with Crippen LogP contribution < -0.4 is 5.69 Å². The van der Waals surface area contributed by atoms with Crippen molar-refractivity contribution in [1.82, 2.24) is 14.5 Å². The van der Waals surface area contributed by atoms with Gasteiger partial charge < -0.3 is 34.1 Å². The van der Waals surface area contributed by atoms with Crippen molar-refractivity contribution in [3.8, 4) is 0 Å². The molecule has 7 atom stereocenters. The number of H-pyrrole nitrogens is 1. The Bertz CT molecular complexity index is 1110. The molecule has 0 bridgehead atoms. The molecule has 11 nitrogen and oxygen atoms in total. The molecule has 0 amide bonds. The summed E-state index contributed by atoms with van der Waals surface area (Å²) in [7, 11) is -3.76. The van der Waals surface area contributed by atoms with Crippen molar-refractivity contribution < 1.29 is 33.7 Å². The fourth-order valence-electron chi connectivity index (χ4n) is 4.14. The highest BCUT2D eigenvalue weighted by Gasteiger charge is 2.61. The Morgan fingerprint density at radius 1 is 1.41 bits per heavy atom. The number of nitrogens with one attached hydrogen (secondary N) is 1. The summed E-state index contributed by atoms with van der Waals surface area (Å²) in [5, 5.41) is 30.9. The van der Waals surface area contributed by atoms with Crippen LogP contribution in [0.25, 0.3) is 11.0 Å². The lowest BCUT2D eigenvalue weighted by Crippen LogP contribution is -2.48. The molecule has 4 heterocycles. The van der Waals surface area contributed by atoms with Gasteiger partial charge in [0.05, 0.1) is 18.3 Å². The molecule has 4 N–H and O–H groups in total. The highest BCUT2D eigenvalue weighted by molar-refractivity contribution is 7.56. The first kappa shape index (κ1) is 23.6. The van der Waals surface area contributed by atoms with E-state index >= 15 is 0 Å². The van der Waals surface area contributed by atoms with Crippen LogP contribution >= 0.6 is 7.60 Å². The predicted molar refractivity (Wildman–Crippen MR) is 114 cm³/mol. The van der Waals surface area contributed by atoms with E-state index in [4.69, 9.17) is 13.8 Å². The number of hydrogen-bond acceptors (Lipinski definition) is 9. The largest absolute Gasteiger partial charge is 0.388 e. The fourth-order valence-corrected chi connectivity index (χ4v) is 6.18. The minimum Gasteiger partial charge on any atom is -0.388 e. The molecular weight excluding hydrogens is 441 g/mol. The number of aromatic amines is 1. The number of ether oxygens (including phenoxy) is 1. The summed E-state index contributed by atoms with van der Waals surface area (Å²) in [5.41, 5.74) is -0.462. The van der Waals surface area contributed by atoms with Crippen LogP contribution in [0.5, 0.6) is 0 Å². The zero-order valence-corrected chi connectivity index (χ0v) is 19.4. The summed E-state index contributed by atoms with van der Waals surface area (Å²) < 4.78 is 31.0. The molecular formula is C20H30N3O8P. The number of fused-ring (bicyclic) bond motifs is 1. The van der Waals surface area contributed by atoms with Gasteiger partial charge in [-0.05, 0) is 32.8 Å². The number of aryl methyl sites for hydroxylation is 1. The average Bonchev–Trinajstić information content (AvgIpc) is 3.24. The summed E-state index contributed by atoms with van der Waals surface area (Å²) in [6.45, 7) is 6.95.